The summed E-state index contributed by atoms with van der Waals surface area (Å²) in [7, 11) is 0. The SMILES string of the molecule is CCNC(Cn1ccnc1C)C1CCOC1. The molecule has 2 unspecified atom stereocenters. The Hall–Kier alpha value is -0.870. The molecule has 1 aliphatic rings. The third kappa shape index (κ3) is 2.62. The van der Waals surface area contributed by atoms with Gasteiger partial charge in [0.15, 0.2) is 0 Å². The molecule has 90 valence electrons. The zero-order chi connectivity index (χ0) is 11.4. The topological polar surface area (TPSA) is 39.1 Å². The van der Waals surface area contributed by atoms with Crippen molar-refractivity contribution in [3.63, 3.8) is 0 Å². The first-order valence-corrected chi connectivity index (χ1v) is 6.10. The number of nitrogens with zero attached hydrogens (tertiary/aromatic N) is 2. The highest BCUT2D eigenvalue weighted by atomic mass is 16.5. The predicted octanol–water partition coefficient (Wildman–Crippen LogP) is 1.21. The van der Waals surface area contributed by atoms with Crippen LogP contribution in [0.5, 0.6) is 0 Å². The zero-order valence-electron chi connectivity index (χ0n) is 10.1. The monoisotopic (exact) mass is 223 g/mol. The second kappa shape index (κ2) is 5.46. The maximum Gasteiger partial charge on any atom is 0.105 e. The Balaban J connectivity index is 1.99. The number of aromatic nitrogens is 2. The fourth-order valence-corrected chi connectivity index (χ4v) is 2.32. The van der Waals surface area contributed by atoms with Crippen molar-refractivity contribution in [3.8, 4) is 0 Å². The van der Waals surface area contributed by atoms with Crippen LogP contribution in [0.2, 0.25) is 0 Å². The Morgan fingerprint density at radius 1 is 1.69 bits per heavy atom. The van der Waals surface area contributed by atoms with Gasteiger partial charge in [0.1, 0.15) is 5.82 Å². The molecule has 4 nitrogen and oxygen atoms in total. The van der Waals surface area contributed by atoms with Gasteiger partial charge in [-0.25, -0.2) is 4.98 Å². The molecule has 4 heteroatoms. The summed E-state index contributed by atoms with van der Waals surface area (Å²) < 4.78 is 7.68. The van der Waals surface area contributed by atoms with Crippen molar-refractivity contribution >= 4 is 0 Å². The smallest absolute Gasteiger partial charge is 0.105 e. The Morgan fingerprint density at radius 3 is 3.12 bits per heavy atom. The normalized spacial score (nSPS) is 22.5. The highest BCUT2D eigenvalue weighted by molar-refractivity contribution is 4.91. The molecule has 0 radical (unpaired) electrons. The van der Waals surface area contributed by atoms with Gasteiger partial charge >= 0.3 is 0 Å². The molecule has 0 aliphatic carbocycles. The lowest BCUT2D eigenvalue weighted by Crippen LogP contribution is -2.40. The highest BCUT2D eigenvalue weighted by Gasteiger charge is 2.25. The van der Waals surface area contributed by atoms with E-state index >= 15 is 0 Å². The van der Waals surface area contributed by atoms with Gasteiger partial charge < -0.3 is 14.6 Å². The van der Waals surface area contributed by atoms with Crippen molar-refractivity contribution < 1.29 is 4.74 Å². The molecule has 1 saturated heterocycles. The molecule has 0 spiro atoms. The molecule has 0 aromatic carbocycles. The Labute approximate surface area is 97.0 Å². The molecule has 2 atom stereocenters. The van der Waals surface area contributed by atoms with E-state index in [1.165, 1.54) is 6.42 Å². The molecular formula is C12H21N3O. The average molecular weight is 223 g/mol. The highest BCUT2D eigenvalue weighted by Crippen LogP contribution is 2.18. The fourth-order valence-electron chi connectivity index (χ4n) is 2.32. The van der Waals surface area contributed by atoms with Crippen LogP contribution in [0, 0.1) is 12.8 Å². The molecule has 0 bridgehead atoms. The van der Waals surface area contributed by atoms with Crippen LogP contribution in [-0.2, 0) is 11.3 Å². The van der Waals surface area contributed by atoms with Crippen LogP contribution in [0.15, 0.2) is 12.4 Å². The van der Waals surface area contributed by atoms with Gasteiger partial charge in [0.05, 0.1) is 6.61 Å². The summed E-state index contributed by atoms with van der Waals surface area (Å²) in [5.74, 6) is 1.73. The van der Waals surface area contributed by atoms with E-state index in [4.69, 9.17) is 4.74 Å². The number of aryl methyl sites for hydroxylation is 1. The number of imidazole rings is 1. The van der Waals surface area contributed by atoms with Crippen molar-refractivity contribution in [3.05, 3.63) is 18.2 Å². The number of ether oxygens (including phenoxy) is 1. The molecule has 1 N–H and O–H groups in total. The predicted molar refractivity (Wildman–Crippen MR) is 63.4 cm³/mol. The first-order chi connectivity index (χ1) is 7.81. The minimum Gasteiger partial charge on any atom is -0.381 e. The van der Waals surface area contributed by atoms with E-state index in [9.17, 15) is 0 Å². The van der Waals surface area contributed by atoms with Crippen LogP contribution in [-0.4, -0.2) is 35.4 Å². The standard InChI is InChI=1S/C12H21N3O/c1-3-13-12(11-4-7-16-9-11)8-15-6-5-14-10(15)2/h5-6,11-13H,3-4,7-9H2,1-2H3. The second-order valence-corrected chi connectivity index (χ2v) is 4.41. The number of hydrogen-bond acceptors (Lipinski definition) is 3. The van der Waals surface area contributed by atoms with Gasteiger partial charge in [-0.1, -0.05) is 6.92 Å². The molecule has 1 aliphatic heterocycles. The number of hydrogen-bond donors (Lipinski definition) is 1. The molecule has 16 heavy (non-hydrogen) atoms. The third-order valence-electron chi connectivity index (χ3n) is 3.32. The third-order valence-corrected chi connectivity index (χ3v) is 3.32. The summed E-state index contributed by atoms with van der Waals surface area (Å²) >= 11 is 0. The Bertz CT molecular complexity index is 318. The lowest BCUT2D eigenvalue weighted by atomic mass is 9.99. The van der Waals surface area contributed by atoms with Gasteiger partial charge in [-0.05, 0) is 19.9 Å². The van der Waals surface area contributed by atoms with Gasteiger partial charge in [0.2, 0.25) is 0 Å². The first kappa shape index (κ1) is 11.6. The van der Waals surface area contributed by atoms with Crippen LogP contribution in [0.25, 0.3) is 0 Å². The largest absolute Gasteiger partial charge is 0.381 e. The minimum atomic E-state index is 0.500. The van der Waals surface area contributed by atoms with Crippen molar-refractivity contribution in [1.82, 2.24) is 14.9 Å². The van der Waals surface area contributed by atoms with Crippen LogP contribution in [0.4, 0.5) is 0 Å². The van der Waals surface area contributed by atoms with Crippen molar-refractivity contribution in [2.45, 2.75) is 32.9 Å². The quantitative estimate of drug-likeness (QED) is 0.815. The summed E-state index contributed by atoms with van der Waals surface area (Å²) in [5.41, 5.74) is 0. The van der Waals surface area contributed by atoms with E-state index in [2.05, 4.69) is 28.0 Å². The molecular weight excluding hydrogens is 202 g/mol. The summed E-state index contributed by atoms with van der Waals surface area (Å²) in [5, 5.41) is 3.56. The molecule has 2 heterocycles. The van der Waals surface area contributed by atoms with E-state index in [1.807, 2.05) is 13.1 Å². The van der Waals surface area contributed by atoms with Crippen LogP contribution < -0.4 is 5.32 Å². The maximum atomic E-state index is 5.47. The number of nitrogens with one attached hydrogen (secondary N) is 1. The lowest BCUT2D eigenvalue weighted by Gasteiger charge is -2.24. The molecule has 1 fully saturated rings. The summed E-state index contributed by atoms with van der Waals surface area (Å²) in [4.78, 5) is 4.26. The summed E-state index contributed by atoms with van der Waals surface area (Å²) in [6.45, 7) is 8.02. The van der Waals surface area contributed by atoms with Crippen molar-refractivity contribution in [2.75, 3.05) is 19.8 Å². The lowest BCUT2D eigenvalue weighted by molar-refractivity contribution is 0.174. The van der Waals surface area contributed by atoms with Gasteiger partial charge in [-0.2, -0.15) is 0 Å². The van der Waals surface area contributed by atoms with Gasteiger partial charge in [-0.3, -0.25) is 0 Å². The van der Waals surface area contributed by atoms with E-state index in [0.29, 0.717) is 12.0 Å². The van der Waals surface area contributed by atoms with Crippen LogP contribution >= 0.6 is 0 Å². The van der Waals surface area contributed by atoms with E-state index in [1.54, 1.807) is 0 Å². The van der Waals surface area contributed by atoms with Gasteiger partial charge in [-0.15, -0.1) is 0 Å². The fraction of sp³-hybridized carbons (Fsp3) is 0.750. The Kier molecular flexibility index (Phi) is 3.96. The zero-order valence-corrected chi connectivity index (χ0v) is 10.1. The van der Waals surface area contributed by atoms with E-state index in [0.717, 1.165) is 32.1 Å². The molecule has 1 aromatic heterocycles. The van der Waals surface area contributed by atoms with Gasteiger partial charge in [0.25, 0.3) is 0 Å². The molecule has 0 saturated carbocycles. The summed E-state index contributed by atoms with van der Waals surface area (Å²) in [6.07, 6.45) is 5.09. The molecule has 2 rings (SSSR count). The van der Waals surface area contributed by atoms with Crippen molar-refractivity contribution in [2.24, 2.45) is 5.92 Å². The van der Waals surface area contributed by atoms with Crippen LogP contribution in [0.1, 0.15) is 19.2 Å². The Morgan fingerprint density at radius 2 is 2.56 bits per heavy atom. The van der Waals surface area contributed by atoms with E-state index < -0.39 is 0 Å². The van der Waals surface area contributed by atoms with Crippen molar-refractivity contribution in [1.29, 1.82) is 0 Å². The maximum absolute atomic E-state index is 5.47. The molecule has 0 amide bonds. The first-order valence-electron chi connectivity index (χ1n) is 6.10. The van der Waals surface area contributed by atoms with Gasteiger partial charge in [0, 0.05) is 37.5 Å². The summed E-state index contributed by atoms with van der Waals surface area (Å²) in [6, 6.07) is 0.500. The number of likely N-dealkylation sites (N-methyl/N-ethyl adjacent to an activating group) is 1. The van der Waals surface area contributed by atoms with Crippen LogP contribution in [0.3, 0.4) is 0 Å². The molecule has 1 aromatic rings. The minimum absolute atomic E-state index is 0.500. The second-order valence-electron chi connectivity index (χ2n) is 4.41. The average Bonchev–Trinajstić information content (AvgIpc) is 2.90. The van der Waals surface area contributed by atoms with E-state index in [-0.39, 0.29) is 0 Å². The number of rotatable bonds is 5.